The first-order chi connectivity index (χ1) is 11.7. The zero-order valence-electron chi connectivity index (χ0n) is 12.0. The van der Waals surface area contributed by atoms with Crippen molar-refractivity contribution in [2.24, 2.45) is 5.18 Å². The Morgan fingerprint density at radius 1 is 1.25 bits per heavy atom. The van der Waals surface area contributed by atoms with E-state index in [9.17, 15) is 14.8 Å². The molecule has 0 spiro atoms. The van der Waals surface area contributed by atoms with E-state index in [1.54, 1.807) is 11.6 Å². The number of fused-ring (bicyclic) bond motifs is 1. The van der Waals surface area contributed by atoms with Crippen molar-refractivity contribution < 1.29 is 5.11 Å². The van der Waals surface area contributed by atoms with E-state index in [0.717, 1.165) is 4.70 Å². The second kappa shape index (κ2) is 5.39. The predicted octanol–water partition coefficient (Wildman–Crippen LogP) is 2.94. The van der Waals surface area contributed by atoms with Crippen LogP contribution in [0, 0.1) is 4.91 Å². The maximum Gasteiger partial charge on any atom is 0.348 e. The fourth-order valence-electron chi connectivity index (χ4n) is 2.52. The van der Waals surface area contributed by atoms with Crippen molar-refractivity contribution in [2.45, 2.75) is 0 Å². The maximum atomic E-state index is 12.3. The third kappa shape index (κ3) is 2.10. The summed E-state index contributed by atoms with van der Waals surface area (Å²) in [5.41, 5.74) is 2.84. The van der Waals surface area contributed by atoms with Crippen LogP contribution in [-0.4, -0.2) is 24.9 Å². The van der Waals surface area contributed by atoms with Gasteiger partial charge in [-0.25, -0.2) is 19.4 Å². The lowest BCUT2D eigenvalue weighted by Crippen LogP contribution is -2.16. The molecule has 0 saturated carbocycles. The largest absolute Gasteiger partial charge is 0.507 e. The zero-order chi connectivity index (χ0) is 16.7. The molecule has 2 aromatic carbocycles. The molecule has 0 radical (unpaired) electrons. The number of para-hydroxylation sites is 1. The maximum absolute atomic E-state index is 12.3. The standard InChI is InChI=1S/C15H9N5O3S/c21-11-6-8(19-23)4-5-9(11)14-17-18-15(22)20(14)10-2-1-3-12-13(10)16-7-24-12/h1-7,21H,(H,18,22). The Morgan fingerprint density at radius 2 is 2.12 bits per heavy atom. The van der Waals surface area contributed by atoms with Gasteiger partial charge in [-0.15, -0.1) is 16.2 Å². The van der Waals surface area contributed by atoms with Crippen molar-refractivity contribution in [3.63, 3.8) is 0 Å². The second-order valence-corrected chi connectivity index (χ2v) is 5.84. The van der Waals surface area contributed by atoms with Gasteiger partial charge in [0.15, 0.2) is 5.82 Å². The van der Waals surface area contributed by atoms with Crippen LogP contribution in [-0.2, 0) is 0 Å². The van der Waals surface area contributed by atoms with Gasteiger partial charge in [0.1, 0.15) is 17.0 Å². The van der Waals surface area contributed by atoms with E-state index in [0.29, 0.717) is 16.8 Å². The quantitative estimate of drug-likeness (QED) is 0.557. The number of thiazole rings is 1. The monoisotopic (exact) mass is 339 g/mol. The van der Waals surface area contributed by atoms with Gasteiger partial charge in [0.25, 0.3) is 0 Å². The van der Waals surface area contributed by atoms with Gasteiger partial charge in [-0.05, 0) is 29.4 Å². The number of benzene rings is 2. The zero-order valence-corrected chi connectivity index (χ0v) is 12.8. The summed E-state index contributed by atoms with van der Waals surface area (Å²) in [6, 6.07) is 9.62. The molecule has 24 heavy (non-hydrogen) atoms. The highest BCUT2D eigenvalue weighted by Crippen LogP contribution is 2.33. The highest BCUT2D eigenvalue weighted by atomic mass is 32.1. The molecule has 0 bridgehead atoms. The molecule has 0 aliphatic heterocycles. The van der Waals surface area contributed by atoms with Gasteiger partial charge in [0.2, 0.25) is 0 Å². The summed E-state index contributed by atoms with van der Waals surface area (Å²) in [7, 11) is 0. The highest BCUT2D eigenvalue weighted by molar-refractivity contribution is 7.16. The molecule has 4 rings (SSSR count). The van der Waals surface area contributed by atoms with Gasteiger partial charge >= 0.3 is 5.69 Å². The number of rotatable bonds is 3. The summed E-state index contributed by atoms with van der Waals surface area (Å²) in [5.74, 6) is 0.0215. The first-order valence-electron chi connectivity index (χ1n) is 6.86. The first kappa shape index (κ1) is 14.3. The summed E-state index contributed by atoms with van der Waals surface area (Å²) >= 11 is 1.46. The third-order valence-corrected chi connectivity index (χ3v) is 4.37. The van der Waals surface area contributed by atoms with Crippen LogP contribution < -0.4 is 5.69 Å². The van der Waals surface area contributed by atoms with Crippen LogP contribution in [0.25, 0.3) is 27.3 Å². The molecule has 0 amide bonds. The SMILES string of the molecule is O=Nc1ccc(-c2n[nH]c(=O)n2-c2cccc3scnc23)c(O)c1. The lowest BCUT2D eigenvalue weighted by atomic mass is 10.1. The number of nitroso groups, excluding NO2 is 1. The Bertz CT molecular complexity index is 1130. The topological polar surface area (TPSA) is 113 Å². The number of aromatic hydroxyl groups is 1. The number of aromatic amines is 1. The molecule has 118 valence electrons. The molecule has 0 unspecified atom stereocenters. The van der Waals surface area contributed by atoms with E-state index in [1.165, 1.54) is 34.1 Å². The Morgan fingerprint density at radius 3 is 2.92 bits per heavy atom. The number of phenols is 1. The molecule has 8 nitrogen and oxygen atoms in total. The second-order valence-electron chi connectivity index (χ2n) is 4.96. The average molecular weight is 339 g/mol. The molecule has 2 aromatic heterocycles. The average Bonchev–Trinajstić information content (AvgIpc) is 3.21. The van der Waals surface area contributed by atoms with E-state index < -0.39 is 5.69 Å². The summed E-state index contributed by atoms with van der Waals surface area (Å²) in [6.07, 6.45) is 0. The van der Waals surface area contributed by atoms with Crippen molar-refractivity contribution in [3.05, 3.63) is 57.3 Å². The molecular formula is C15H9N5O3S. The van der Waals surface area contributed by atoms with E-state index >= 15 is 0 Å². The molecule has 0 atom stereocenters. The van der Waals surface area contributed by atoms with Crippen LogP contribution in [0.3, 0.4) is 0 Å². The van der Waals surface area contributed by atoms with Crippen molar-refractivity contribution >= 4 is 27.2 Å². The lowest BCUT2D eigenvalue weighted by molar-refractivity contribution is 0.477. The molecule has 4 aromatic rings. The van der Waals surface area contributed by atoms with Crippen LogP contribution in [0.4, 0.5) is 5.69 Å². The molecule has 2 heterocycles. The Kier molecular flexibility index (Phi) is 3.21. The number of phenolic OH excluding ortho intramolecular Hbond substituents is 1. The van der Waals surface area contributed by atoms with E-state index in [1.807, 2.05) is 12.1 Å². The number of aromatic nitrogens is 4. The highest BCUT2D eigenvalue weighted by Gasteiger charge is 2.18. The minimum Gasteiger partial charge on any atom is -0.507 e. The van der Waals surface area contributed by atoms with Crippen molar-refractivity contribution in [1.82, 2.24) is 19.7 Å². The summed E-state index contributed by atoms with van der Waals surface area (Å²) in [4.78, 5) is 27.2. The van der Waals surface area contributed by atoms with E-state index in [-0.39, 0.29) is 17.3 Å². The lowest BCUT2D eigenvalue weighted by Gasteiger charge is -2.08. The molecule has 0 aliphatic carbocycles. The number of hydrogen-bond donors (Lipinski definition) is 2. The van der Waals surface area contributed by atoms with Crippen molar-refractivity contribution in [1.29, 1.82) is 0 Å². The molecule has 2 N–H and O–H groups in total. The Labute approximate surface area is 138 Å². The minimum absolute atomic E-state index is 0.0854. The summed E-state index contributed by atoms with van der Waals surface area (Å²) < 4.78 is 2.27. The number of hydrogen-bond acceptors (Lipinski definition) is 7. The molecular weight excluding hydrogens is 330 g/mol. The van der Waals surface area contributed by atoms with Crippen molar-refractivity contribution in [2.75, 3.05) is 0 Å². The van der Waals surface area contributed by atoms with Crippen LogP contribution in [0.5, 0.6) is 5.75 Å². The van der Waals surface area contributed by atoms with Gasteiger partial charge < -0.3 is 5.11 Å². The van der Waals surface area contributed by atoms with E-state index in [2.05, 4.69) is 20.4 Å². The predicted molar refractivity (Wildman–Crippen MR) is 89.9 cm³/mol. The van der Waals surface area contributed by atoms with Crippen LogP contribution >= 0.6 is 11.3 Å². The fourth-order valence-corrected chi connectivity index (χ4v) is 3.22. The molecule has 0 saturated heterocycles. The number of nitrogens with zero attached hydrogens (tertiary/aromatic N) is 4. The van der Waals surface area contributed by atoms with E-state index in [4.69, 9.17) is 0 Å². The summed E-state index contributed by atoms with van der Waals surface area (Å²) in [5, 5.41) is 19.3. The van der Waals surface area contributed by atoms with Gasteiger partial charge in [-0.2, -0.15) is 5.10 Å². The fraction of sp³-hybridized carbons (Fsp3) is 0. The molecule has 0 fully saturated rings. The summed E-state index contributed by atoms with van der Waals surface area (Å²) in [6.45, 7) is 0. The van der Waals surface area contributed by atoms with Crippen LogP contribution in [0.1, 0.15) is 0 Å². The van der Waals surface area contributed by atoms with Gasteiger partial charge in [-0.3, -0.25) is 0 Å². The number of H-pyrrole nitrogens is 1. The Hall–Kier alpha value is -3.33. The first-order valence-corrected chi connectivity index (χ1v) is 7.74. The van der Waals surface area contributed by atoms with Gasteiger partial charge in [0.05, 0.1) is 21.5 Å². The minimum atomic E-state index is -0.456. The normalized spacial score (nSPS) is 11.0. The van der Waals surface area contributed by atoms with Crippen LogP contribution in [0.15, 0.2) is 51.9 Å². The molecule has 0 aliphatic rings. The van der Waals surface area contributed by atoms with Gasteiger partial charge in [-0.1, -0.05) is 6.07 Å². The number of nitrogens with one attached hydrogen (secondary N) is 1. The smallest absolute Gasteiger partial charge is 0.348 e. The van der Waals surface area contributed by atoms with Gasteiger partial charge in [0, 0.05) is 6.07 Å². The third-order valence-electron chi connectivity index (χ3n) is 3.58. The Balaban J connectivity index is 2.00. The molecule has 9 heteroatoms. The van der Waals surface area contributed by atoms with Crippen molar-refractivity contribution in [3.8, 4) is 22.8 Å². The van der Waals surface area contributed by atoms with Crippen LogP contribution in [0.2, 0.25) is 0 Å².